The highest BCUT2D eigenvalue weighted by molar-refractivity contribution is 6.37. The Hall–Kier alpha value is -1.44. The monoisotopic (exact) mass is 258 g/mol. The molecule has 80 valence electrons. The number of rotatable bonds is 0. The molecule has 0 aliphatic heterocycles. The summed E-state index contributed by atoms with van der Waals surface area (Å²) in [6.45, 7) is 0. The first-order valence-corrected chi connectivity index (χ1v) is 4.83. The zero-order chi connectivity index (χ0) is 11.9. The molecular weight excluding hydrogens is 257 g/mol. The minimum Gasteiger partial charge on any atom is -0.252 e. The molecule has 0 saturated carbocycles. The van der Waals surface area contributed by atoms with Crippen molar-refractivity contribution in [2.75, 3.05) is 0 Å². The predicted molar refractivity (Wildman–Crippen MR) is 56.4 cm³/mol. The molecule has 0 bridgehead atoms. The zero-order valence-corrected chi connectivity index (χ0v) is 9.07. The van der Waals surface area contributed by atoms with Crippen LogP contribution in [0.15, 0.2) is 12.3 Å². The topological polar surface area (TPSA) is 36.7 Å². The fourth-order valence-electron chi connectivity index (χ4n) is 1.29. The summed E-state index contributed by atoms with van der Waals surface area (Å²) in [5.74, 6) is -1.92. The average Bonchev–Trinajstić information content (AvgIpc) is 2.28. The van der Waals surface area contributed by atoms with Gasteiger partial charge in [-0.3, -0.25) is 4.98 Å². The van der Waals surface area contributed by atoms with E-state index in [1.165, 1.54) is 0 Å². The summed E-state index contributed by atoms with van der Waals surface area (Å²) in [5, 5.41) is 8.03. The third kappa shape index (κ3) is 1.49. The van der Waals surface area contributed by atoms with Crippen LogP contribution in [0.1, 0.15) is 5.56 Å². The Bertz CT molecular complexity index is 635. The molecule has 0 unspecified atom stereocenters. The number of halogens is 4. The minimum absolute atomic E-state index is 0.0279. The van der Waals surface area contributed by atoms with Gasteiger partial charge < -0.3 is 0 Å². The Morgan fingerprint density at radius 1 is 1.25 bits per heavy atom. The molecule has 0 fully saturated rings. The normalized spacial score (nSPS) is 10.4. The largest absolute Gasteiger partial charge is 0.252 e. The SMILES string of the molecule is N#Cc1cnc2c(F)c(Cl)c(F)cc2c1Cl. The molecule has 0 atom stereocenters. The van der Waals surface area contributed by atoms with Crippen LogP contribution in [0.5, 0.6) is 0 Å². The van der Waals surface area contributed by atoms with Crippen LogP contribution in [0.25, 0.3) is 10.9 Å². The van der Waals surface area contributed by atoms with E-state index < -0.39 is 16.7 Å². The van der Waals surface area contributed by atoms with Crippen molar-refractivity contribution in [3.63, 3.8) is 0 Å². The zero-order valence-electron chi connectivity index (χ0n) is 7.56. The summed E-state index contributed by atoms with van der Waals surface area (Å²) in [7, 11) is 0. The van der Waals surface area contributed by atoms with Crippen LogP contribution >= 0.6 is 23.2 Å². The predicted octanol–water partition coefficient (Wildman–Crippen LogP) is 3.69. The molecule has 2 nitrogen and oxygen atoms in total. The van der Waals surface area contributed by atoms with Crippen LogP contribution in [0.3, 0.4) is 0 Å². The average molecular weight is 259 g/mol. The second-order valence-corrected chi connectivity index (χ2v) is 3.74. The number of aromatic nitrogens is 1. The summed E-state index contributed by atoms with van der Waals surface area (Å²) < 4.78 is 26.7. The van der Waals surface area contributed by atoms with Crippen LogP contribution in [-0.2, 0) is 0 Å². The van der Waals surface area contributed by atoms with Crippen molar-refractivity contribution in [3.05, 3.63) is 39.5 Å². The molecular formula is C10H2Cl2F2N2. The minimum atomic E-state index is -0.983. The molecule has 16 heavy (non-hydrogen) atoms. The van der Waals surface area contributed by atoms with Gasteiger partial charge in [0.15, 0.2) is 5.82 Å². The molecule has 0 saturated heterocycles. The van der Waals surface area contributed by atoms with Crippen molar-refractivity contribution in [1.29, 1.82) is 5.26 Å². The smallest absolute Gasteiger partial charge is 0.171 e. The van der Waals surface area contributed by atoms with E-state index in [-0.39, 0.29) is 21.5 Å². The van der Waals surface area contributed by atoms with Gasteiger partial charge in [-0.05, 0) is 6.07 Å². The first kappa shape index (κ1) is 11.1. The van der Waals surface area contributed by atoms with Gasteiger partial charge in [0, 0.05) is 11.6 Å². The van der Waals surface area contributed by atoms with Crippen molar-refractivity contribution in [3.8, 4) is 6.07 Å². The highest BCUT2D eigenvalue weighted by atomic mass is 35.5. The maximum absolute atomic E-state index is 13.5. The Morgan fingerprint density at radius 3 is 2.56 bits per heavy atom. The van der Waals surface area contributed by atoms with Gasteiger partial charge in [0.05, 0.1) is 10.6 Å². The number of benzene rings is 1. The van der Waals surface area contributed by atoms with Gasteiger partial charge >= 0.3 is 0 Å². The molecule has 2 aromatic rings. The highest BCUT2D eigenvalue weighted by Crippen LogP contribution is 2.31. The molecule has 0 aliphatic carbocycles. The number of pyridine rings is 1. The fraction of sp³-hybridized carbons (Fsp3) is 0. The van der Waals surface area contributed by atoms with Gasteiger partial charge in [0.25, 0.3) is 0 Å². The quantitative estimate of drug-likeness (QED) is 0.676. The van der Waals surface area contributed by atoms with Gasteiger partial charge in [-0.1, -0.05) is 23.2 Å². The standard InChI is InChI=1S/C10H2Cl2F2N2/c11-7-4(2-15)3-16-10-5(7)1-6(13)8(12)9(10)14/h1,3H. The van der Waals surface area contributed by atoms with E-state index in [1.54, 1.807) is 6.07 Å². The van der Waals surface area contributed by atoms with Crippen LogP contribution in [0, 0.1) is 23.0 Å². The van der Waals surface area contributed by atoms with E-state index in [1.807, 2.05) is 0 Å². The van der Waals surface area contributed by atoms with E-state index in [0.717, 1.165) is 12.3 Å². The molecule has 0 aliphatic rings. The first-order valence-electron chi connectivity index (χ1n) is 4.08. The number of nitriles is 1. The lowest BCUT2D eigenvalue weighted by atomic mass is 10.1. The van der Waals surface area contributed by atoms with Crippen molar-refractivity contribution in [2.24, 2.45) is 0 Å². The van der Waals surface area contributed by atoms with Crippen molar-refractivity contribution < 1.29 is 8.78 Å². The third-order valence-electron chi connectivity index (χ3n) is 2.05. The van der Waals surface area contributed by atoms with E-state index in [9.17, 15) is 8.78 Å². The second-order valence-electron chi connectivity index (χ2n) is 2.98. The molecule has 0 spiro atoms. The highest BCUT2D eigenvalue weighted by Gasteiger charge is 2.16. The van der Waals surface area contributed by atoms with Gasteiger partial charge in [-0.2, -0.15) is 5.26 Å². The van der Waals surface area contributed by atoms with Crippen molar-refractivity contribution in [1.82, 2.24) is 4.98 Å². The second kappa shape index (κ2) is 3.85. The first-order chi connectivity index (χ1) is 7.56. The Morgan fingerprint density at radius 2 is 1.94 bits per heavy atom. The van der Waals surface area contributed by atoms with E-state index in [0.29, 0.717) is 0 Å². The maximum atomic E-state index is 13.5. The maximum Gasteiger partial charge on any atom is 0.171 e. The Kier molecular flexibility index (Phi) is 2.66. The van der Waals surface area contributed by atoms with E-state index in [2.05, 4.69) is 4.98 Å². The van der Waals surface area contributed by atoms with E-state index >= 15 is 0 Å². The van der Waals surface area contributed by atoms with Gasteiger partial charge in [-0.15, -0.1) is 0 Å². The lowest BCUT2D eigenvalue weighted by Gasteiger charge is -2.04. The van der Waals surface area contributed by atoms with Gasteiger partial charge in [0.2, 0.25) is 0 Å². The number of nitrogens with zero attached hydrogens (tertiary/aromatic N) is 2. The van der Waals surface area contributed by atoms with Crippen LogP contribution < -0.4 is 0 Å². The number of hydrogen-bond donors (Lipinski definition) is 0. The fourth-order valence-corrected chi connectivity index (χ4v) is 1.67. The van der Waals surface area contributed by atoms with Crippen LogP contribution in [0.2, 0.25) is 10.0 Å². The third-order valence-corrected chi connectivity index (χ3v) is 2.81. The molecule has 0 N–H and O–H groups in total. The van der Waals surface area contributed by atoms with Gasteiger partial charge in [-0.25, -0.2) is 8.78 Å². The molecule has 6 heteroatoms. The van der Waals surface area contributed by atoms with Crippen molar-refractivity contribution in [2.45, 2.75) is 0 Å². The molecule has 2 rings (SSSR count). The summed E-state index contributed by atoms with van der Waals surface area (Å²) >= 11 is 11.2. The van der Waals surface area contributed by atoms with Gasteiger partial charge in [0.1, 0.15) is 22.4 Å². The van der Waals surface area contributed by atoms with Crippen molar-refractivity contribution >= 4 is 34.1 Å². The molecule has 0 amide bonds. The summed E-state index contributed by atoms with van der Waals surface area (Å²) in [6.07, 6.45) is 1.11. The molecule has 1 heterocycles. The summed E-state index contributed by atoms with van der Waals surface area (Å²) in [6, 6.07) is 2.72. The number of hydrogen-bond acceptors (Lipinski definition) is 2. The molecule has 1 aromatic carbocycles. The Balaban J connectivity index is 2.98. The summed E-state index contributed by atoms with van der Waals surface area (Å²) in [5.41, 5.74) is -0.106. The Labute approximate surface area is 99.0 Å². The van der Waals surface area contributed by atoms with E-state index in [4.69, 9.17) is 28.5 Å². The molecule has 0 radical (unpaired) electrons. The molecule has 1 aromatic heterocycles. The summed E-state index contributed by atoms with van der Waals surface area (Å²) in [4.78, 5) is 3.68. The van der Waals surface area contributed by atoms with Crippen LogP contribution in [-0.4, -0.2) is 4.98 Å². The lowest BCUT2D eigenvalue weighted by molar-refractivity contribution is 0.591. The number of fused-ring (bicyclic) bond motifs is 1. The van der Waals surface area contributed by atoms with Crippen LogP contribution in [0.4, 0.5) is 8.78 Å². The lowest BCUT2D eigenvalue weighted by Crippen LogP contribution is -1.92.